The summed E-state index contributed by atoms with van der Waals surface area (Å²) < 4.78 is 36.4. The van der Waals surface area contributed by atoms with Crippen LogP contribution in [0.2, 0.25) is 0 Å². The molecule has 0 aliphatic heterocycles. The fraction of sp³-hybridized carbons (Fsp3) is 0.364. The van der Waals surface area contributed by atoms with E-state index >= 15 is 0 Å². The van der Waals surface area contributed by atoms with E-state index in [2.05, 4.69) is 5.32 Å². The van der Waals surface area contributed by atoms with E-state index in [9.17, 15) is 13.2 Å². The Morgan fingerprint density at radius 2 is 2.12 bits per heavy atom. The molecule has 6 heteroatoms. The monoisotopic (exact) mass is 243 g/mol. The molecule has 0 spiro atoms. The van der Waals surface area contributed by atoms with E-state index in [-0.39, 0.29) is 11.3 Å². The van der Waals surface area contributed by atoms with Crippen LogP contribution in [0.3, 0.4) is 0 Å². The Labute approximate surface area is 97.0 Å². The van der Waals surface area contributed by atoms with E-state index in [4.69, 9.17) is 11.0 Å². The second kappa shape index (κ2) is 4.95. The molecule has 1 aromatic rings. The van der Waals surface area contributed by atoms with Crippen LogP contribution in [0, 0.1) is 11.3 Å². The smallest absolute Gasteiger partial charge is 0.391 e. The second-order valence-electron chi connectivity index (χ2n) is 3.74. The number of para-hydroxylation sites is 1. The number of nitriles is 1. The molecule has 1 unspecified atom stereocenters. The minimum Gasteiger partial charge on any atom is -0.396 e. The third-order valence-corrected chi connectivity index (χ3v) is 2.17. The maximum atomic E-state index is 12.1. The zero-order valence-electron chi connectivity index (χ0n) is 9.17. The molecule has 17 heavy (non-hydrogen) atoms. The summed E-state index contributed by atoms with van der Waals surface area (Å²) in [4.78, 5) is 0. The number of nitrogens with zero attached hydrogens (tertiary/aromatic N) is 1. The van der Waals surface area contributed by atoms with Gasteiger partial charge in [-0.1, -0.05) is 6.07 Å². The number of anilines is 2. The first-order valence-corrected chi connectivity index (χ1v) is 4.95. The maximum Gasteiger partial charge on any atom is 0.391 e. The molecule has 92 valence electrons. The molecule has 1 rings (SSSR count). The SMILES string of the molecule is CC(CC(F)(F)F)Nc1cccc(C#N)c1N. The molecule has 0 heterocycles. The highest BCUT2D eigenvalue weighted by Gasteiger charge is 2.30. The van der Waals surface area contributed by atoms with E-state index in [1.165, 1.54) is 13.0 Å². The van der Waals surface area contributed by atoms with E-state index in [1.54, 1.807) is 12.1 Å². The van der Waals surface area contributed by atoms with E-state index < -0.39 is 18.6 Å². The molecule has 0 saturated heterocycles. The van der Waals surface area contributed by atoms with Crippen molar-refractivity contribution in [2.75, 3.05) is 11.1 Å². The van der Waals surface area contributed by atoms with Crippen LogP contribution in [-0.2, 0) is 0 Å². The van der Waals surface area contributed by atoms with Gasteiger partial charge >= 0.3 is 6.18 Å². The normalized spacial score (nSPS) is 12.9. The van der Waals surface area contributed by atoms with Crippen molar-refractivity contribution in [3.05, 3.63) is 23.8 Å². The summed E-state index contributed by atoms with van der Waals surface area (Å²) in [5, 5.41) is 11.4. The van der Waals surface area contributed by atoms with Crippen LogP contribution in [-0.4, -0.2) is 12.2 Å². The van der Waals surface area contributed by atoms with Crippen LogP contribution < -0.4 is 11.1 Å². The van der Waals surface area contributed by atoms with Gasteiger partial charge in [0.25, 0.3) is 0 Å². The number of alkyl halides is 3. The minimum absolute atomic E-state index is 0.170. The van der Waals surface area contributed by atoms with E-state index in [1.807, 2.05) is 6.07 Å². The Kier molecular flexibility index (Phi) is 3.84. The van der Waals surface area contributed by atoms with Crippen molar-refractivity contribution in [1.29, 1.82) is 5.26 Å². The Morgan fingerprint density at radius 1 is 1.47 bits per heavy atom. The molecule has 0 fully saturated rings. The predicted molar refractivity (Wildman–Crippen MR) is 59.3 cm³/mol. The average Bonchev–Trinajstić information content (AvgIpc) is 2.18. The van der Waals surface area contributed by atoms with Crippen molar-refractivity contribution in [2.24, 2.45) is 0 Å². The van der Waals surface area contributed by atoms with Crippen LogP contribution in [0.25, 0.3) is 0 Å². The number of hydrogen-bond acceptors (Lipinski definition) is 3. The van der Waals surface area contributed by atoms with Gasteiger partial charge in [-0.2, -0.15) is 18.4 Å². The lowest BCUT2D eigenvalue weighted by atomic mass is 10.1. The van der Waals surface area contributed by atoms with Crippen molar-refractivity contribution in [3.63, 3.8) is 0 Å². The highest BCUT2D eigenvalue weighted by Crippen LogP contribution is 2.26. The van der Waals surface area contributed by atoms with Gasteiger partial charge in [0.15, 0.2) is 0 Å². The summed E-state index contributed by atoms with van der Waals surface area (Å²) in [6.45, 7) is 1.41. The lowest BCUT2D eigenvalue weighted by Gasteiger charge is -2.18. The summed E-state index contributed by atoms with van der Waals surface area (Å²) in [6, 6.07) is 5.69. The molecule has 3 nitrogen and oxygen atoms in total. The molecule has 0 aliphatic rings. The first-order valence-electron chi connectivity index (χ1n) is 4.95. The van der Waals surface area contributed by atoms with Gasteiger partial charge < -0.3 is 11.1 Å². The van der Waals surface area contributed by atoms with Crippen LogP contribution in [0.4, 0.5) is 24.5 Å². The molecule has 0 aliphatic carbocycles. The lowest BCUT2D eigenvalue weighted by Crippen LogP contribution is -2.24. The molecular weight excluding hydrogens is 231 g/mol. The molecule has 3 N–H and O–H groups in total. The number of nitrogens with two attached hydrogens (primary N) is 1. The first kappa shape index (κ1) is 13.2. The number of nitrogens with one attached hydrogen (secondary N) is 1. The van der Waals surface area contributed by atoms with Gasteiger partial charge in [0.1, 0.15) is 6.07 Å². The van der Waals surface area contributed by atoms with Crippen LogP contribution in [0.15, 0.2) is 18.2 Å². The zero-order valence-corrected chi connectivity index (χ0v) is 9.17. The largest absolute Gasteiger partial charge is 0.396 e. The summed E-state index contributed by atoms with van der Waals surface area (Å²) in [5.74, 6) is 0. The molecule has 0 radical (unpaired) electrons. The first-order chi connectivity index (χ1) is 7.83. The Morgan fingerprint density at radius 3 is 2.65 bits per heavy atom. The topological polar surface area (TPSA) is 61.8 Å². The zero-order chi connectivity index (χ0) is 13.1. The van der Waals surface area contributed by atoms with Gasteiger partial charge in [-0.25, -0.2) is 0 Å². The van der Waals surface area contributed by atoms with Crippen molar-refractivity contribution in [1.82, 2.24) is 0 Å². The number of rotatable bonds is 3. The summed E-state index contributed by atoms with van der Waals surface area (Å²) in [5.41, 5.74) is 6.40. The molecule has 0 amide bonds. The Bertz CT molecular complexity index is 435. The van der Waals surface area contributed by atoms with Crippen LogP contribution in [0.5, 0.6) is 0 Å². The summed E-state index contributed by atoms with van der Waals surface area (Å²) in [7, 11) is 0. The quantitative estimate of drug-likeness (QED) is 0.802. The third kappa shape index (κ3) is 3.87. The van der Waals surface area contributed by atoms with Crippen molar-refractivity contribution in [2.45, 2.75) is 25.6 Å². The summed E-state index contributed by atoms with van der Waals surface area (Å²) in [6.07, 6.45) is -5.18. The van der Waals surface area contributed by atoms with Gasteiger partial charge in [-0.3, -0.25) is 0 Å². The van der Waals surface area contributed by atoms with Gasteiger partial charge in [-0.15, -0.1) is 0 Å². The molecule has 1 atom stereocenters. The van der Waals surface area contributed by atoms with Crippen molar-refractivity contribution in [3.8, 4) is 6.07 Å². The maximum absolute atomic E-state index is 12.1. The van der Waals surface area contributed by atoms with Crippen LogP contribution in [0.1, 0.15) is 18.9 Å². The summed E-state index contributed by atoms with van der Waals surface area (Å²) >= 11 is 0. The van der Waals surface area contributed by atoms with Gasteiger partial charge in [0, 0.05) is 6.04 Å². The number of halogens is 3. The van der Waals surface area contributed by atoms with Crippen molar-refractivity contribution < 1.29 is 13.2 Å². The fourth-order valence-corrected chi connectivity index (χ4v) is 1.45. The molecular formula is C11H12F3N3. The molecule has 0 saturated carbocycles. The van der Waals surface area contributed by atoms with Gasteiger partial charge in [0.05, 0.1) is 23.4 Å². The highest BCUT2D eigenvalue weighted by atomic mass is 19.4. The molecule has 0 bridgehead atoms. The van der Waals surface area contributed by atoms with Gasteiger partial charge in [0.2, 0.25) is 0 Å². The van der Waals surface area contributed by atoms with E-state index in [0.717, 1.165) is 0 Å². The number of nitrogen functional groups attached to an aromatic ring is 1. The minimum atomic E-state index is -4.23. The molecule has 1 aromatic carbocycles. The third-order valence-electron chi connectivity index (χ3n) is 2.17. The van der Waals surface area contributed by atoms with E-state index in [0.29, 0.717) is 5.69 Å². The number of hydrogen-bond donors (Lipinski definition) is 2. The molecule has 0 aromatic heterocycles. The van der Waals surface area contributed by atoms with Crippen LogP contribution >= 0.6 is 0 Å². The van der Waals surface area contributed by atoms with Gasteiger partial charge in [-0.05, 0) is 19.1 Å². The fourth-order valence-electron chi connectivity index (χ4n) is 1.45. The Hall–Kier alpha value is -1.90. The highest BCUT2D eigenvalue weighted by molar-refractivity contribution is 5.73. The number of benzene rings is 1. The van der Waals surface area contributed by atoms with Crippen molar-refractivity contribution >= 4 is 11.4 Å². The second-order valence-corrected chi connectivity index (χ2v) is 3.74. The lowest BCUT2D eigenvalue weighted by molar-refractivity contribution is -0.136. The predicted octanol–water partition coefficient (Wildman–Crippen LogP) is 2.89. The standard InChI is InChI=1S/C11H12F3N3/c1-7(5-11(12,13)14)17-9-4-2-3-8(6-15)10(9)16/h2-4,7,17H,5,16H2,1H3. The average molecular weight is 243 g/mol. The Balaban J connectivity index is 2.79.